The van der Waals surface area contributed by atoms with Crippen LogP contribution in [0.3, 0.4) is 0 Å². The quantitative estimate of drug-likeness (QED) is 0.287. The fourth-order valence-corrected chi connectivity index (χ4v) is 6.64. The van der Waals surface area contributed by atoms with Crippen LogP contribution in [-0.4, -0.2) is 98.7 Å². The Balaban J connectivity index is 0.00000541. The molecule has 12 nitrogen and oxygen atoms in total. The molecule has 1 aliphatic carbocycles. The summed E-state index contributed by atoms with van der Waals surface area (Å²) in [7, 11) is 8.27. The second kappa shape index (κ2) is 17.1. The predicted molar refractivity (Wildman–Crippen MR) is 203 cm³/mol. The largest absolute Gasteiger partial charge is 1.00 e. The topological polar surface area (TPSA) is 137 Å². The van der Waals surface area contributed by atoms with E-state index in [1.165, 1.54) is 4.90 Å². The van der Waals surface area contributed by atoms with Crippen LogP contribution in [0.5, 0.6) is 17.2 Å². The number of benzene rings is 3. The highest BCUT2D eigenvalue weighted by Gasteiger charge is 2.30. The van der Waals surface area contributed by atoms with Crippen LogP contribution >= 0.6 is 0 Å². The van der Waals surface area contributed by atoms with Gasteiger partial charge in [0.05, 0.1) is 51.8 Å². The van der Waals surface area contributed by atoms with Gasteiger partial charge in [-0.05, 0) is 66.6 Å². The molecule has 0 bridgehead atoms. The molecule has 0 saturated carbocycles. The number of nitrogens with one attached hydrogen (secondary N) is 1. The average molecular weight is 745 g/mol. The summed E-state index contributed by atoms with van der Waals surface area (Å²) in [6.07, 6.45) is 6.52. The lowest BCUT2D eigenvalue weighted by molar-refractivity contribution is -0.871. The van der Waals surface area contributed by atoms with Crippen molar-refractivity contribution >= 4 is 34.4 Å². The Morgan fingerprint density at radius 3 is 2.06 bits per heavy atom. The molecule has 13 heteroatoms. The third kappa shape index (κ3) is 9.08. The van der Waals surface area contributed by atoms with Crippen LogP contribution in [0.2, 0.25) is 0 Å². The van der Waals surface area contributed by atoms with E-state index in [1.807, 2.05) is 61.2 Å². The Hall–Kier alpha value is -5.17. The number of nitrogens with two attached hydrogens (primary N) is 2. The lowest BCUT2D eigenvalue weighted by Gasteiger charge is -2.30. The van der Waals surface area contributed by atoms with E-state index < -0.39 is 11.8 Å². The molecule has 1 atom stereocenters. The van der Waals surface area contributed by atoms with Crippen molar-refractivity contribution < 1.29 is 45.8 Å². The summed E-state index contributed by atoms with van der Waals surface area (Å²) < 4.78 is 25.4. The number of rotatable bonds is 7. The Labute approximate surface area is 317 Å². The number of carbonyl (C=O) groups is 2. The first-order chi connectivity index (χ1) is 25.0. The second-order valence-corrected chi connectivity index (χ2v) is 13.7. The van der Waals surface area contributed by atoms with Crippen LogP contribution in [0.1, 0.15) is 16.7 Å². The maximum Gasteiger partial charge on any atom is 0.236 e. The number of nitrogens with zero attached hydrogens (tertiary/aromatic N) is 3. The molecule has 0 spiro atoms. The van der Waals surface area contributed by atoms with Gasteiger partial charge in [-0.25, -0.2) is 0 Å². The van der Waals surface area contributed by atoms with Gasteiger partial charge in [-0.15, -0.1) is 0 Å². The first-order valence-electron chi connectivity index (χ1n) is 17.6. The van der Waals surface area contributed by atoms with Gasteiger partial charge in [0.1, 0.15) is 42.3 Å². The predicted octanol–water partition coefficient (Wildman–Crippen LogP) is -0.702. The van der Waals surface area contributed by atoms with Crippen molar-refractivity contribution in [2.45, 2.75) is 13.0 Å². The van der Waals surface area contributed by atoms with Crippen molar-refractivity contribution in [2.24, 2.45) is 11.5 Å². The standard InChI is InChI=1S/C40H48N6O6.ClH/c1-26-6-12-32-36(20-26)50-18-19-51-37-21-27(7-13-33(37)46(25-39(42)48)15-17-49-16-14-45(32)24-38(41)47)40-30-10-8-28(43(2)3)22-34(30)52-35-23-29(44(4)5)9-11-31(35)40;/h6-13,20-23,28H,14-19,24-25H2,1-5H3,(H2,41,47)(H2,42,48);1H. The number of amides is 2. The van der Waals surface area contributed by atoms with E-state index in [9.17, 15) is 9.59 Å². The first-order valence-corrected chi connectivity index (χ1v) is 17.6. The molecule has 53 heavy (non-hydrogen) atoms. The molecule has 3 aromatic rings. The van der Waals surface area contributed by atoms with E-state index in [0.29, 0.717) is 43.5 Å². The molecule has 6 rings (SSSR count). The summed E-state index contributed by atoms with van der Waals surface area (Å²) >= 11 is 0. The number of hydrogen-bond acceptors (Lipinski definition) is 9. The van der Waals surface area contributed by atoms with Crippen molar-refractivity contribution in [3.8, 4) is 17.2 Å². The lowest BCUT2D eigenvalue weighted by atomic mass is 9.86. The summed E-state index contributed by atoms with van der Waals surface area (Å²) in [6.45, 7) is 3.80. The van der Waals surface area contributed by atoms with Gasteiger partial charge in [-0.2, -0.15) is 0 Å². The van der Waals surface area contributed by atoms with Gasteiger partial charge in [-0.1, -0.05) is 12.1 Å². The summed E-state index contributed by atoms with van der Waals surface area (Å²) in [4.78, 5) is 31.4. The van der Waals surface area contributed by atoms with Crippen molar-refractivity contribution in [1.82, 2.24) is 0 Å². The highest BCUT2D eigenvalue weighted by Crippen LogP contribution is 2.46. The molecular formula is C40H49ClN6O6. The van der Waals surface area contributed by atoms with Crippen LogP contribution in [0.25, 0.3) is 5.57 Å². The molecule has 282 valence electrons. The zero-order valence-corrected chi connectivity index (χ0v) is 31.7. The van der Waals surface area contributed by atoms with Gasteiger partial charge in [0.15, 0.2) is 0 Å². The Morgan fingerprint density at radius 1 is 0.830 bits per heavy atom. The van der Waals surface area contributed by atoms with Crippen LogP contribution in [0.15, 0.2) is 84.2 Å². The molecule has 5 N–H and O–H groups in total. The lowest BCUT2D eigenvalue weighted by Crippen LogP contribution is -3.09. The van der Waals surface area contributed by atoms with Gasteiger partial charge in [-0.3, -0.25) is 9.59 Å². The number of primary amides is 2. The van der Waals surface area contributed by atoms with Gasteiger partial charge in [0, 0.05) is 61.7 Å². The summed E-state index contributed by atoms with van der Waals surface area (Å²) in [6, 6.07) is 18.3. The average Bonchev–Trinajstić information content (AvgIpc) is 3.10. The minimum absolute atomic E-state index is 0. The van der Waals surface area contributed by atoms with E-state index >= 15 is 0 Å². The second-order valence-electron chi connectivity index (χ2n) is 13.7. The molecule has 0 radical (unpaired) electrons. The SMILES string of the molecule is Cc1ccc2c(c1)OCCOc1cc(C3=C4C=CC([NH+](C)C)C=C4Oc4cc(N(C)C)ccc43)ccc1N(CC(N)=O)CCOCCN2CC(N)=O.[Cl-]. The fraction of sp³-hybridized carbons (Fsp3) is 0.350. The molecule has 0 fully saturated rings. The molecular weight excluding hydrogens is 696 g/mol. The number of quaternary nitrogens is 1. The molecule has 0 aromatic heterocycles. The highest BCUT2D eigenvalue weighted by atomic mass is 35.5. The first kappa shape index (κ1) is 39.0. The van der Waals surface area contributed by atoms with Crippen LogP contribution in [-0.2, 0) is 14.3 Å². The number of anilines is 3. The molecule has 2 amide bonds. The molecule has 3 aromatic carbocycles. The maximum atomic E-state index is 12.3. The summed E-state index contributed by atoms with van der Waals surface area (Å²) in [5, 5.41) is 0. The molecule has 2 heterocycles. The highest BCUT2D eigenvalue weighted by molar-refractivity contribution is 5.92. The van der Waals surface area contributed by atoms with Crippen molar-refractivity contribution in [1.29, 1.82) is 0 Å². The molecule has 1 unspecified atom stereocenters. The van der Waals surface area contributed by atoms with E-state index in [4.69, 9.17) is 30.4 Å². The number of allylic oxidation sites excluding steroid dienone is 1. The Kier molecular flexibility index (Phi) is 12.6. The van der Waals surface area contributed by atoms with Crippen LogP contribution < -0.4 is 57.7 Å². The minimum atomic E-state index is -0.477. The molecule has 3 aliphatic rings. The number of likely N-dealkylation sites (N-methyl/N-ethyl adjacent to an activating group) is 1. The van der Waals surface area contributed by atoms with Gasteiger partial charge in [0.2, 0.25) is 11.8 Å². The van der Waals surface area contributed by atoms with Crippen molar-refractivity contribution in [3.63, 3.8) is 0 Å². The van der Waals surface area contributed by atoms with Crippen molar-refractivity contribution in [3.05, 3.63) is 101 Å². The number of hydrogen-bond donors (Lipinski definition) is 3. The van der Waals surface area contributed by atoms with Crippen molar-refractivity contribution in [2.75, 3.05) is 95.5 Å². The number of ether oxygens (including phenoxy) is 4. The Bertz CT molecular complexity index is 1930. The number of carbonyl (C=O) groups excluding carboxylic acids is 2. The Morgan fingerprint density at radius 2 is 1.45 bits per heavy atom. The summed E-state index contributed by atoms with van der Waals surface area (Å²) in [5.41, 5.74) is 18.8. The third-order valence-corrected chi connectivity index (χ3v) is 9.32. The monoisotopic (exact) mass is 744 g/mol. The van der Waals surface area contributed by atoms with Gasteiger partial charge >= 0.3 is 0 Å². The van der Waals surface area contributed by atoms with Crippen LogP contribution in [0, 0.1) is 6.92 Å². The van der Waals surface area contributed by atoms with E-state index in [-0.39, 0.29) is 44.8 Å². The molecule has 0 saturated heterocycles. The van der Waals surface area contributed by atoms with Crippen LogP contribution in [0.4, 0.5) is 17.1 Å². The number of fused-ring (bicyclic) bond motifs is 4. The minimum Gasteiger partial charge on any atom is -1.00 e. The molecule has 2 aliphatic heterocycles. The van der Waals surface area contributed by atoms with E-state index in [0.717, 1.165) is 50.7 Å². The number of aryl methyl sites for hydroxylation is 1. The maximum absolute atomic E-state index is 12.3. The smallest absolute Gasteiger partial charge is 0.236 e. The zero-order chi connectivity index (χ0) is 36.9. The van der Waals surface area contributed by atoms with E-state index in [2.05, 4.69) is 61.5 Å². The number of halogens is 1. The fourth-order valence-electron chi connectivity index (χ4n) is 6.64. The normalized spacial score (nSPS) is 17.2. The third-order valence-electron chi connectivity index (χ3n) is 9.32. The van der Waals surface area contributed by atoms with Gasteiger partial charge < -0.3 is 62.4 Å². The zero-order valence-electron chi connectivity index (χ0n) is 31.0. The van der Waals surface area contributed by atoms with E-state index in [1.54, 1.807) is 0 Å². The summed E-state index contributed by atoms with van der Waals surface area (Å²) in [5.74, 6) is 1.84. The van der Waals surface area contributed by atoms with Gasteiger partial charge in [0.25, 0.3) is 0 Å².